The second-order valence-electron chi connectivity index (χ2n) is 7.29. The van der Waals surface area contributed by atoms with E-state index in [0.717, 1.165) is 5.69 Å². The van der Waals surface area contributed by atoms with Gasteiger partial charge in [-0.3, -0.25) is 9.48 Å². The zero-order chi connectivity index (χ0) is 19.2. The first-order valence-corrected chi connectivity index (χ1v) is 8.79. The first-order valence-electron chi connectivity index (χ1n) is 8.79. The van der Waals surface area contributed by atoms with E-state index in [1.54, 1.807) is 24.7 Å². The van der Waals surface area contributed by atoms with Gasteiger partial charge in [0.2, 0.25) is 0 Å². The van der Waals surface area contributed by atoms with Gasteiger partial charge in [-0.25, -0.2) is 4.98 Å². The molecule has 3 rings (SSSR count). The molecule has 1 aliphatic heterocycles. The van der Waals surface area contributed by atoms with Crippen LogP contribution < -0.4 is 0 Å². The van der Waals surface area contributed by atoms with Crippen molar-refractivity contribution in [2.75, 3.05) is 13.1 Å². The summed E-state index contributed by atoms with van der Waals surface area (Å²) in [5, 5.41) is 4.96. The number of alkyl halides is 3. The quantitative estimate of drug-likeness (QED) is 0.810. The Morgan fingerprint density at radius 1 is 1.35 bits per heavy atom. The summed E-state index contributed by atoms with van der Waals surface area (Å²) in [5.41, 5.74) is 2.36. The summed E-state index contributed by atoms with van der Waals surface area (Å²) in [6.07, 6.45) is -3.85. The molecule has 3 heterocycles. The molecule has 0 radical (unpaired) electrons. The molecular weight excluding hydrogens is 345 g/mol. The van der Waals surface area contributed by atoms with E-state index in [2.05, 4.69) is 10.1 Å². The summed E-state index contributed by atoms with van der Waals surface area (Å²) in [4.78, 5) is 19.0. The highest BCUT2D eigenvalue weighted by Crippen LogP contribution is 2.34. The average molecular weight is 368 g/mol. The van der Waals surface area contributed by atoms with Gasteiger partial charge in [0.05, 0.1) is 22.6 Å². The SMILES string of the molecule is Cc1nn(C)c2nc(C(C)C)cc(C(=O)N3CCCC(C(F)(F)F)C3)c12. The van der Waals surface area contributed by atoms with Crippen LogP contribution in [-0.4, -0.2) is 44.8 Å². The molecule has 0 aliphatic carbocycles. The van der Waals surface area contributed by atoms with Gasteiger partial charge in [0.1, 0.15) is 0 Å². The fourth-order valence-electron chi connectivity index (χ4n) is 3.53. The van der Waals surface area contributed by atoms with Gasteiger partial charge in [-0.05, 0) is 31.7 Å². The van der Waals surface area contributed by atoms with Gasteiger partial charge >= 0.3 is 6.18 Å². The third kappa shape index (κ3) is 3.29. The summed E-state index contributed by atoms with van der Waals surface area (Å²) < 4.78 is 40.9. The molecule has 26 heavy (non-hydrogen) atoms. The molecule has 0 N–H and O–H groups in total. The third-order valence-corrected chi connectivity index (χ3v) is 4.98. The Bertz CT molecular complexity index is 841. The molecule has 8 heteroatoms. The van der Waals surface area contributed by atoms with Crippen molar-refractivity contribution in [3.8, 4) is 0 Å². The van der Waals surface area contributed by atoms with Crippen molar-refractivity contribution in [3.05, 3.63) is 23.0 Å². The number of carbonyl (C=O) groups is 1. The van der Waals surface area contributed by atoms with E-state index in [9.17, 15) is 18.0 Å². The molecule has 1 saturated heterocycles. The van der Waals surface area contributed by atoms with Crippen LogP contribution in [0.15, 0.2) is 6.07 Å². The average Bonchev–Trinajstić information content (AvgIpc) is 2.87. The van der Waals surface area contributed by atoms with E-state index in [1.165, 1.54) is 4.90 Å². The van der Waals surface area contributed by atoms with Crippen LogP contribution in [0.1, 0.15) is 54.4 Å². The first kappa shape index (κ1) is 18.7. The second-order valence-corrected chi connectivity index (χ2v) is 7.29. The Morgan fingerprint density at radius 3 is 2.65 bits per heavy atom. The molecule has 0 aromatic carbocycles. The molecule has 1 amide bonds. The number of piperidine rings is 1. The Morgan fingerprint density at radius 2 is 2.04 bits per heavy atom. The van der Waals surface area contributed by atoms with Crippen LogP contribution in [0, 0.1) is 12.8 Å². The normalized spacial score (nSPS) is 18.8. The molecule has 2 aromatic heterocycles. The Labute approximate surface area is 150 Å². The number of amides is 1. The van der Waals surface area contributed by atoms with E-state index in [-0.39, 0.29) is 24.8 Å². The van der Waals surface area contributed by atoms with Gasteiger partial charge in [0, 0.05) is 25.8 Å². The van der Waals surface area contributed by atoms with Crippen LogP contribution in [0.25, 0.3) is 11.0 Å². The van der Waals surface area contributed by atoms with Crippen molar-refractivity contribution in [2.24, 2.45) is 13.0 Å². The molecule has 0 saturated carbocycles. The zero-order valence-electron chi connectivity index (χ0n) is 15.4. The highest BCUT2D eigenvalue weighted by atomic mass is 19.4. The number of pyridine rings is 1. The Kier molecular flexibility index (Phi) is 4.71. The lowest BCUT2D eigenvalue weighted by molar-refractivity contribution is -0.184. The lowest BCUT2D eigenvalue weighted by Gasteiger charge is -2.34. The fourth-order valence-corrected chi connectivity index (χ4v) is 3.53. The maximum Gasteiger partial charge on any atom is 0.393 e. The summed E-state index contributed by atoms with van der Waals surface area (Å²) >= 11 is 0. The topological polar surface area (TPSA) is 51.0 Å². The van der Waals surface area contributed by atoms with Crippen LogP contribution in [0.3, 0.4) is 0 Å². The van der Waals surface area contributed by atoms with Crippen molar-refractivity contribution >= 4 is 16.9 Å². The minimum atomic E-state index is -4.28. The summed E-state index contributed by atoms with van der Waals surface area (Å²) in [6.45, 7) is 5.76. The van der Waals surface area contributed by atoms with Gasteiger partial charge in [-0.1, -0.05) is 13.8 Å². The highest BCUT2D eigenvalue weighted by molar-refractivity contribution is 6.06. The zero-order valence-corrected chi connectivity index (χ0v) is 15.4. The molecule has 1 fully saturated rings. The predicted octanol–water partition coefficient (Wildman–Crippen LogP) is 3.81. The van der Waals surface area contributed by atoms with Gasteiger partial charge in [-0.15, -0.1) is 0 Å². The van der Waals surface area contributed by atoms with E-state index >= 15 is 0 Å². The smallest absolute Gasteiger partial charge is 0.338 e. The molecule has 1 unspecified atom stereocenters. The van der Waals surface area contributed by atoms with Crippen LogP contribution >= 0.6 is 0 Å². The van der Waals surface area contributed by atoms with Gasteiger partial charge < -0.3 is 4.90 Å². The van der Waals surface area contributed by atoms with Crippen LogP contribution in [0.5, 0.6) is 0 Å². The van der Waals surface area contributed by atoms with E-state index in [0.29, 0.717) is 35.3 Å². The van der Waals surface area contributed by atoms with E-state index < -0.39 is 12.1 Å². The van der Waals surface area contributed by atoms with Crippen molar-refractivity contribution < 1.29 is 18.0 Å². The van der Waals surface area contributed by atoms with Crippen LogP contribution in [-0.2, 0) is 7.05 Å². The maximum absolute atomic E-state index is 13.1. The Balaban J connectivity index is 2.05. The van der Waals surface area contributed by atoms with Crippen molar-refractivity contribution in [3.63, 3.8) is 0 Å². The number of carbonyl (C=O) groups excluding carboxylic acids is 1. The largest absolute Gasteiger partial charge is 0.393 e. The van der Waals surface area contributed by atoms with Gasteiger partial charge in [0.15, 0.2) is 5.65 Å². The van der Waals surface area contributed by atoms with E-state index in [4.69, 9.17) is 0 Å². The lowest BCUT2D eigenvalue weighted by Crippen LogP contribution is -2.44. The third-order valence-electron chi connectivity index (χ3n) is 4.98. The number of fused-ring (bicyclic) bond motifs is 1. The summed E-state index contributed by atoms with van der Waals surface area (Å²) in [7, 11) is 1.75. The lowest BCUT2D eigenvalue weighted by atomic mass is 9.96. The number of aromatic nitrogens is 3. The number of aryl methyl sites for hydroxylation is 2. The van der Waals surface area contributed by atoms with Crippen LogP contribution in [0.4, 0.5) is 13.2 Å². The molecule has 1 atom stereocenters. The van der Waals surface area contributed by atoms with E-state index in [1.807, 2.05) is 13.8 Å². The Hall–Kier alpha value is -2.12. The van der Waals surface area contributed by atoms with Crippen molar-refractivity contribution in [2.45, 2.75) is 45.7 Å². The number of rotatable bonds is 2. The number of likely N-dealkylation sites (tertiary alicyclic amines) is 1. The van der Waals surface area contributed by atoms with Crippen molar-refractivity contribution in [1.29, 1.82) is 0 Å². The fraction of sp³-hybridized carbons (Fsp3) is 0.611. The number of halogens is 3. The minimum Gasteiger partial charge on any atom is -0.338 e. The molecule has 1 aliphatic rings. The number of hydrogen-bond donors (Lipinski definition) is 0. The van der Waals surface area contributed by atoms with Crippen molar-refractivity contribution in [1.82, 2.24) is 19.7 Å². The molecule has 0 bridgehead atoms. The second kappa shape index (κ2) is 6.55. The molecular formula is C18H23F3N4O. The number of hydrogen-bond acceptors (Lipinski definition) is 3. The maximum atomic E-state index is 13.1. The molecule has 142 valence electrons. The van der Waals surface area contributed by atoms with Gasteiger partial charge in [-0.2, -0.15) is 18.3 Å². The highest BCUT2D eigenvalue weighted by Gasteiger charge is 2.43. The monoisotopic (exact) mass is 368 g/mol. The summed E-state index contributed by atoms with van der Waals surface area (Å²) in [6, 6.07) is 1.71. The standard InChI is InChI=1S/C18H23F3N4O/c1-10(2)14-8-13(15-11(3)23-24(4)16(15)22-14)17(26)25-7-5-6-12(9-25)18(19,20)21/h8,10,12H,5-7,9H2,1-4H3. The predicted molar refractivity (Wildman–Crippen MR) is 92.0 cm³/mol. The minimum absolute atomic E-state index is 0.0716. The summed E-state index contributed by atoms with van der Waals surface area (Å²) in [5.74, 6) is -1.74. The molecule has 2 aromatic rings. The van der Waals surface area contributed by atoms with Gasteiger partial charge in [0.25, 0.3) is 5.91 Å². The molecule has 5 nitrogen and oxygen atoms in total. The van der Waals surface area contributed by atoms with Crippen LogP contribution in [0.2, 0.25) is 0 Å². The number of nitrogens with zero attached hydrogens (tertiary/aromatic N) is 4. The first-order chi connectivity index (χ1) is 12.1. The molecule has 0 spiro atoms.